The summed E-state index contributed by atoms with van der Waals surface area (Å²) in [6.45, 7) is 1.99. The molecule has 0 aromatic heterocycles. The van der Waals surface area contributed by atoms with Crippen LogP contribution in [0.25, 0.3) is 0 Å². The molecular formula is C7H10BrN. The van der Waals surface area contributed by atoms with Gasteiger partial charge in [0.1, 0.15) is 0 Å². The van der Waals surface area contributed by atoms with Gasteiger partial charge in [-0.3, -0.25) is 0 Å². The fraction of sp³-hybridized carbons (Fsp3) is 0.429. The summed E-state index contributed by atoms with van der Waals surface area (Å²) in [6.07, 6.45) is 8.00. The van der Waals surface area contributed by atoms with Gasteiger partial charge in [-0.1, -0.05) is 40.2 Å². The number of hydrogen-bond acceptors (Lipinski definition) is 1. The van der Waals surface area contributed by atoms with Crippen molar-refractivity contribution >= 4 is 15.9 Å². The van der Waals surface area contributed by atoms with Gasteiger partial charge in [-0.15, -0.1) is 0 Å². The molecule has 0 aromatic carbocycles. The first kappa shape index (κ1) is 7.03. The summed E-state index contributed by atoms with van der Waals surface area (Å²) >= 11 is 3.45. The number of halogens is 1. The number of allylic oxidation sites excluding steroid dienone is 2. The minimum atomic E-state index is -0.214. The Morgan fingerprint density at radius 3 is 2.56 bits per heavy atom. The molecule has 0 radical (unpaired) electrons. The Labute approximate surface area is 63.8 Å². The molecule has 0 fully saturated rings. The van der Waals surface area contributed by atoms with Crippen LogP contribution >= 0.6 is 15.9 Å². The van der Waals surface area contributed by atoms with Gasteiger partial charge in [0.05, 0.1) is 4.83 Å². The van der Waals surface area contributed by atoms with Crippen LogP contribution in [0.4, 0.5) is 0 Å². The van der Waals surface area contributed by atoms with Crippen molar-refractivity contribution in [2.24, 2.45) is 5.73 Å². The van der Waals surface area contributed by atoms with Crippen molar-refractivity contribution in [1.29, 1.82) is 0 Å². The molecule has 0 bridgehead atoms. The molecule has 0 heterocycles. The normalized spacial score (nSPS) is 41.4. The first-order valence-corrected chi connectivity index (χ1v) is 3.83. The van der Waals surface area contributed by atoms with Crippen molar-refractivity contribution in [2.45, 2.75) is 17.3 Å². The van der Waals surface area contributed by atoms with Crippen molar-refractivity contribution < 1.29 is 0 Å². The second-order valence-electron chi connectivity index (χ2n) is 2.51. The summed E-state index contributed by atoms with van der Waals surface area (Å²) in [7, 11) is 0. The molecule has 0 amide bonds. The standard InChI is InChI=1S/C7H10BrN/c1-7(9)5-3-2-4-6(7)8/h2-6H,9H2,1H3. The molecule has 0 saturated heterocycles. The lowest BCUT2D eigenvalue weighted by atomic mass is 9.95. The van der Waals surface area contributed by atoms with Crippen molar-refractivity contribution in [3.05, 3.63) is 24.3 Å². The molecule has 1 aliphatic carbocycles. The van der Waals surface area contributed by atoms with Gasteiger partial charge in [0.15, 0.2) is 0 Å². The molecule has 0 spiro atoms. The summed E-state index contributed by atoms with van der Waals surface area (Å²) < 4.78 is 0. The van der Waals surface area contributed by atoms with Crippen LogP contribution in [0.2, 0.25) is 0 Å². The number of hydrogen-bond donors (Lipinski definition) is 1. The maximum Gasteiger partial charge on any atom is 0.0541 e. The first-order valence-electron chi connectivity index (χ1n) is 2.92. The maximum atomic E-state index is 5.84. The van der Waals surface area contributed by atoms with Crippen molar-refractivity contribution in [3.8, 4) is 0 Å². The van der Waals surface area contributed by atoms with Gasteiger partial charge in [0.25, 0.3) is 0 Å². The summed E-state index contributed by atoms with van der Waals surface area (Å²) in [5.74, 6) is 0. The lowest BCUT2D eigenvalue weighted by Crippen LogP contribution is -2.42. The lowest BCUT2D eigenvalue weighted by molar-refractivity contribution is 0.609. The second kappa shape index (κ2) is 2.27. The molecule has 1 nitrogen and oxygen atoms in total. The third-order valence-electron chi connectivity index (χ3n) is 1.44. The maximum absolute atomic E-state index is 5.84. The Bertz CT molecular complexity index is 158. The van der Waals surface area contributed by atoms with Crippen LogP contribution in [-0.4, -0.2) is 10.4 Å². The van der Waals surface area contributed by atoms with E-state index in [1.54, 1.807) is 0 Å². The molecular weight excluding hydrogens is 178 g/mol. The Hall–Kier alpha value is -0.0800. The molecule has 2 unspecified atom stereocenters. The Morgan fingerprint density at radius 1 is 1.56 bits per heavy atom. The van der Waals surface area contributed by atoms with Crippen LogP contribution in [0.3, 0.4) is 0 Å². The quantitative estimate of drug-likeness (QED) is 0.574. The highest BCUT2D eigenvalue weighted by Crippen LogP contribution is 2.21. The number of alkyl halides is 1. The Kier molecular flexibility index (Phi) is 1.78. The average Bonchev–Trinajstić information content (AvgIpc) is 1.77. The molecule has 2 atom stereocenters. The van der Waals surface area contributed by atoms with E-state index in [-0.39, 0.29) is 10.4 Å². The van der Waals surface area contributed by atoms with E-state index in [2.05, 4.69) is 15.9 Å². The molecule has 9 heavy (non-hydrogen) atoms. The van der Waals surface area contributed by atoms with Crippen LogP contribution in [0.5, 0.6) is 0 Å². The monoisotopic (exact) mass is 187 g/mol. The molecule has 0 aromatic rings. The van der Waals surface area contributed by atoms with Gasteiger partial charge in [-0.2, -0.15) is 0 Å². The van der Waals surface area contributed by atoms with Gasteiger partial charge < -0.3 is 5.73 Å². The topological polar surface area (TPSA) is 26.0 Å². The van der Waals surface area contributed by atoms with Crippen molar-refractivity contribution in [1.82, 2.24) is 0 Å². The van der Waals surface area contributed by atoms with Gasteiger partial charge >= 0.3 is 0 Å². The Morgan fingerprint density at radius 2 is 2.22 bits per heavy atom. The van der Waals surface area contributed by atoms with Gasteiger partial charge in [-0.25, -0.2) is 0 Å². The number of rotatable bonds is 0. The third-order valence-corrected chi connectivity index (χ3v) is 2.73. The zero-order chi connectivity index (χ0) is 6.91. The smallest absolute Gasteiger partial charge is 0.0541 e. The summed E-state index contributed by atoms with van der Waals surface area (Å²) in [5, 5.41) is 0. The van der Waals surface area contributed by atoms with E-state index in [0.717, 1.165) is 0 Å². The average molecular weight is 188 g/mol. The molecule has 1 rings (SSSR count). The third kappa shape index (κ3) is 1.43. The highest BCUT2D eigenvalue weighted by atomic mass is 79.9. The van der Waals surface area contributed by atoms with E-state index in [1.165, 1.54) is 0 Å². The zero-order valence-corrected chi connectivity index (χ0v) is 6.93. The van der Waals surface area contributed by atoms with Crippen LogP contribution < -0.4 is 5.73 Å². The lowest BCUT2D eigenvalue weighted by Gasteiger charge is -2.26. The fourth-order valence-corrected chi connectivity index (χ4v) is 1.05. The molecule has 2 N–H and O–H groups in total. The van der Waals surface area contributed by atoms with Crippen LogP contribution in [0.1, 0.15) is 6.92 Å². The SMILES string of the molecule is CC1(N)C=CC=CC1Br. The van der Waals surface area contributed by atoms with Crippen molar-refractivity contribution in [3.63, 3.8) is 0 Å². The molecule has 0 aliphatic heterocycles. The van der Waals surface area contributed by atoms with Crippen LogP contribution in [0, 0.1) is 0 Å². The predicted molar refractivity (Wildman–Crippen MR) is 43.6 cm³/mol. The zero-order valence-electron chi connectivity index (χ0n) is 5.34. The van der Waals surface area contributed by atoms with E-state index in [1.807, 2.05) is 31.2 Å². The minimum absolute atomic E-state index is 0.214. The fourth-order valence-electron chi connectivity index (χ4n) is 0.724. The van der Waals surface area contributed by atoms with Gasteiger partial charge in [0, 0.05) is 5.54 Å². The number of nitrogens with two attached hydrogens (primary N) is 1. The van der Waals surface area contributed by atoms with E-state index < -0.39 is 0 Å². The first-order chi connectivity index (χ1) is 4.13. The highest BCUT2D eigenvalue weighted by Gasteiger charge is 2.23. The molecule has 0 saturated carbocycles. The van der Waals surface area contributed by atoms with Crippen LogP contribution in [-0.2, 0) is 0 Å². The van der Waals surface area contributed by atoms with E-state index in [4.69, 9.17) is 5.73 Å². The van der Waals surface area contributed by atoms with E-state index >= 15 is 0 Å². The summed E-state index contributed by atoms with van der Waals surface area (Å²) in [6, 6.07) is 0. The Balaban J connectivity index is 2.78. The van der Waals surface area contributed by atoms with Gasteiger partial charge in [-0.05, 0) is 6.92 Å². The molecule has 1 aliphatic rings. The second-order valence-corrected chi connectivity index (χ2v) is 3.50. The summed E-state index contributed by atoms with van der Waals surface area (Å²) in [5.41, 5.74) is 5.62. The predicted octanol–water partition coefficient (Wildman–Crippen LogP) is 1.59. The van der Waals surface area contributed by atoms with E-state index in [9.17, 15) is 0 Å². The van der Waals surface area contributed by atoms with Crippen LogP contribution in [0.15, 0.2) is 24.3 Å². The van der Waals surface area contributed by atoms with Crippen molar-refractivity contribution in [2.75, 3.05) is 0 Å². The largest absolute Gasteiger partial charge is 0.321 e. The molecule has 50 valence electrons. The highest BCUT2D eigenvalue weighted by molar-refractivity contribution is 9.09. The molecule has 2 heteroatoms. The summed E-state index contributed by atoms with van der Waals surface area (Å²) in [4.78, 5) is 0.273. The van der Waals surface area contributed by atoms with Gasteiger partial charge in [0.2, 0.25) is 0 Å². The van der Waals surface area contributed by atoms with E-state index in [0.29, 0.717) is 0 Å². The minimum Gasteiger partial charge on any atom is -0.321 e.